The van der Waals surface area contributed by atoms with Crippen molar-refractivity contribution in [3.63, 3.8) is 0 Å². The molecule has 0 unspecified atom stereocenters. The molecular formula is C26H21N5O3S. The monoisotopic (exact) mass is 483 g/mol. The minimum atomic E-state index is -0.276. The summed E-state index contributed by atoms with van der Waals surface area (Å²) in [5, 5.41) is 12.4. The fraction of sp³-hybridized carbons (Fsp3) is 0.115. The molecule has 0 bridgehead atoms. The Morgan fingerprint density at radius 3 is 2.43 bits per heavy atom. The molecule has 8 nitrogen and oxygen atoms in total. The number of anilines is 1. The average Bonchev–Trinajstić information content (AvgIpc) is 3.30. The molecule has 2 heterocycles. The van der Waals surface area contributed by atoms with Gasteiger partial charge in [0.1, 0.15) is 0 Å². The molecule has 174 valence electrons. The number of ketones is 1. The van der Waals surface area contributed by atoms with Gasteiger partial charge in [0.25, 0.3) is 5.56 Å². The van der Waals surface area contributed by atoms with Crippen LogP contribution in [0.3, 0.4) is 0 Å². The van der Waals surface area contributed by atoms with Crippen molar-refractivity contribution in [1.29, 1.82) is 0 Å². The fourth-order valence-electron chi connectivity index (χ4n) is 3.95. The van der Waals surface area contributed by atoms with Crippen LogP contribution >= 0.6 is 11.8 Å². The summed E-state index contributed by atoms with van der Waals surface area (Å²) in [4.78, 5) is 37.8. The number of aromatic nitrogens is 4. The van der Waals surface area contributed by atoms with Crippen molar-refractivity contribution in [2.24, 2.45) is 0 Å². The minimum Gasteiger partial charge on any atom is -0.325 e. The Morgan fingerprint density at radius 2 is 1.63 bits per heavy atom. The molecule has 0 fully saturated rings. The second-order valence-corrected chi connectivity index (χ2v) is 8.89. The van der Waals surface area contributed by atoms with Gasteiger partial charge in [0.2, 0.25) is 11.7 Å². The molecule has 5 aromatic rings. The first-order valence-electron chi connectivity index (χ1n) is 11.0. The molecule has 1 N–H and O–H groups in total. The normalized spacial score (nSPS) is 11.1. The van der Waals surface area contributed by atoms with Crippen LogP contribution in [0, 0.1) is 0 Å². The topological polar surface area (TPSA) is 98.4 Å². The van der Waals surface area contributed by atoms with Gasteiger partial charge in [-0.1, -0.05) is 66.4 Å². The lowest BCUT2D eigenvalue weighted by Crippen LogP contribution is -2.24. The standard InChI is InChI=1S/C26H21N5O3S/c1-17(32)19-11-5-7-13-21(19)27-23(33)16-35-26-29-28-25-30(15-18-9-3-2-4-10-18)24(34)20-12-6-8-14-22(20)31(25)26/h2-14H,15-16H2,1H3,(H,27,33). The number of hydrogen-bond acceptors (Lipinski definition) is 6. The van der Waals surface area contributed by atoms with Gasteiger partial charge in [-0.3, -0.25) is 23.4 Å². The lowest BCUT2D eigenvalue weighted by Gasteiger charge is -2.11. The van der Waals surface area contributed by atoms with Crippen LogP contribution in [0.5, 0.6) is 0 Å². The van der Waals surface area contributed by atoms with Crippen LogP contribution in [0.4, 0.5) is 5.69 Å². The van der Waals surface area contributed by atoms with Gasteiger partial charge in [-0.05, 0) is 36.8 Å². The van der Waals surface area contributed by atoms with Crippen LogP contribution in [0.25, 0.3) is 16.7 Å². The summed E-state index contributed by atoms with van der Waals surface area (Å²) >= 11 is 1.21. The van der Waals surface area contributed by atoms with E-state index in [1.807, 2.05) is 48.5 Å². The van der Waals surface area contributed by atoms with Gasteiger partial charge < -0.3 is 5.32 Å². The van der Waals surface area contributed by atoms with Gasteiger partial charge >= 0.3 is 0 Å². The average molecular weight is 484 g/mol. The molecule has 0 saturated heterocycles. The highest BCUT2D eigenvalue weighted by Crippen LogP contribution is 2.23. The number of thioether (sulfide) groups is 1. The third-order valence-electron chi connectivity index (χ3n) is 5.57. The van der Waals surface area contributed by atoms with E-state index in [9.17, 15) is 14.4 Å². The van der Waals surface area contributed by atoms with Gasteiger partial charge in [-0.2, -0.15) is 0 Å². The van der Waals surface area contributed by atoms with Crippen LogP contribution in [0.2, 0.25) is 0 Å². The number of hydrogen-bond donors (Lipinski definition) is 1. The van der Waals surface area contributed by atoms with E-state index in [2.05, 4.69) is 15.5 Å². The van der Waals surface area contributed by atoms with Crippen LogP contribution in [0.1, 0.15) is 22.8 Å². The number of para-hydroxylation sites is 2. The largest absolute Gasteiger partial charge is 0.325 e. The number of carbonyl (C=O) groups excluding carboxylic acids is 2. The van der Waals surface area contributed by atoms with Crippen molar-refractivity contribution in [3.8, 4) is 0 Å². The molecule has 0 aliphatic heterocycles. The summed E-state index contributed by atoms with van der Waals surface area (Å²) in [5.41, 5.74) is 2.41. The second kappa shape index (κ2) is 9.55. The Labute approximate surface area is 204 Å². The van der Waals surface area contributed by atoms with E-state index in [1.165, 1.54) is 18.7 Å². The maximum atomic E-state index is 13.3. The zero-order chi connectivity index (χ0) is 24.4. The van der Waals surface area contributed by atoms with Crippen molar-refractivity contribution in [2.75, 3.05) is 11.1 Å². The second-order valence-electron chi connectivity index (χ2n) is 7.95. The lowest BCUT2D eigenvalue weighted by atomic mass is 10.1. The first kappa shape index (κ1) is 22.5. The predicted octanol–water partition coefficient (Wildman–Crippen LogP) is 4.03. The highest BCUT2D eigenvalue weighted by Gasteiger charge is 2.18. The maximum Gasteiger partial charge on any atom is 0.263 e. The van der Waals surface area contributed by atoms with E-state index >= 15 is 0 Å². The number of amides is 1. The van der Waals surface area contributed by atoms with Crippen LogP contribution < -0.4 is 10.9 Å². The number of carbonyl (C=O) groups is 2. The predicted molar refractivity (Wildman–Crippen MR) is 136 cm³/mol. The smallest absolute Gasteiger partial charge is 0.263 e. The fourth-order valence-corrected chi connectivity index (χ4v) is 4.69. The Balaban J connectivity index is 1.48. The van der Waals surface area contributed by atoms with Gasteiger partial charge in [0.15, 0.2) is 10.9 Å². The maximum absolute atomic E-state index is 13.3. The highest BCUT2D eigenvalue weighted by atomic mass is 32.2. The molecule has 1 amide bonds. The van der Waals surface area contributed by atoms with Crippen molar-refractivity contribution in [1.82, 2.24) is 19.2 Å². The summed E-state index contributed by atoms with van der Waals surface area (Å²) in [5.74, 6) is 0.0590. The first-order chi connectivity index (χ1) is 17.0. The van der Waals surface area contributed by atoms with E-state index in [0.29, 0.717) is 39.6 Å². The van der Waals surface area contributed by atoms with E-state index < -0.39 is 0 Å². The first-order valence-corrected chi connectivity index (χ1v) is 11.9. The molecule has 35 heavy (non-hydrogen) atoms. The number of benzene rings is 3. The van der Waals surface area contributed by atoms with E-state index in [0.717, 1.165) is 5.56 Å². The number of nitrogens with one attached hydrogen (secondary N) is 1. The Bertz CT molecular complexity index is 1630. The molecule has 0 aliphatic rings. The zero-order valence-electron chi connectivity index (χ0n) is 18.8. The van der Waals surface area contributed by atoms with Gasteiger partial charge in [0.05, 0.1) is 28.9 Å². The minimum absolute atomic E-state index is 0.0547. The number of rotatable bonds is 7. The Hall–Kier alpha value is -4.24. The molecule has 0 atom stereocenters. The van der Waals surface area contributed by atoms with Gasteiger partial charge in [-0.25, -0.2) is 0 Å². The van der Waals surface area contributed by atoms with Gasteiger partial charge in [0, 0.05) is 5.56 Å². The van der Waals surface area contributed by atoms with Crippen molar-refractivity contribution in [2.45, 2.75) is 18.6 Å². The highest BCUT2D eigenvalue weighted by molar-refractivity contribution is 7.99. The van der Waals surface area contributed by atoms with Crippen molar-refractivity contribution >= 4 is 45.8 Å². The summed E-state index contributed by atoms with van der Waals surface area (Å²) < 4.78 is 3.40. The molecule has 9 heteroatoms. The lowest BCUT2D eigenvalue weighted by molar-refractivity contribution is -0.113. The quantitative estimate of drug-likeness (QED) is 0.277. The third kappa shape index (κ3) is 4.45. The third-order valence-corrected chi connectivity index (χ3v) is 6.50. The number of Topliss-reactive ketones (excluding diaryl/α,β-unsaturated/α-hetero) is 1. The van der Waals surface area contributed by atoms with E-state index in [-0.39, 0.29) is 23.0 Å². The number of nitrogens with zero attached hydrogens (tertiary/aromatic N) is 4. The van der Waals surface area contributed by atoms with Crippen LogP contribution in [-0.2, 0) is 11.3 Å². The molecule has 0 aliphatic carbocycles. The molecular weight excluding hydrogens is 462 g/mol. The molecule has 0 spiro atoms. The van der Waals surface area contributed by atoms with Crippen molar-refractivity contribution < 1.29 is 9.59 Å². The van der Waals surface area contributed by atoms with Crippen molar-refractivity contribution in [3.05, 3.63) is 100 Å². The SMILES string of the molecule is CC(=O)c1ccccc1NC(=O)CSc1nnc2n(Cc3ccccc3)c(=O)c3ccccc3n12. The Kier molecular flexibility index (Phi) is 6.15. The van der Waals surface area contributed by atoms with Crippen LogP contribution in [-0.4, -0.2) is 36.6 Å². The number of fused-ring (bicyclic) bond motifs is 3. The Morgan fingerprint density at radius 1 is 0.914 bits per heavy atom. The van der Waals surface area contributed by atoms with E-state index in [1.54, 1.807) is 39.3 Å². The molecule has 5 rings (SSSR count). The molecule has 3 aromatic carbocycles. The summed E-state index contributed by atoms with van der Waals surface area (Å²) in [6, 6.07) is 23.8. The summed E-state index contributed by atoms with van der Waals surface area (Å²) in [6.45, 7) is 1.81. The van der Waals surface area contributed by atoms with E-state index in [4.69, 9.17) is 0 Å². The summed E-state index contributed by atoms with van der Waals surface area (Å²) in [7, 11) is 0. The summed E-state index contributed by atoms with van der Waals surface area (Å²) in [6.07, 6.45) is 0. The van der Waals surface area contributed by atoms with Gasteiger partial charge in [-0.15, -0.1) is 10.2 Å². The molecule has 0 radical (unpaired) electrons. The molecule has 0 saturated carbocycles. The molecule has 2 aromatic heterocycles. The zero-order valence-corrected chi connectivity index (χ0v) is 19.7. The van der Waals surface area contributed by atoms with Crippen LogP contribution in [0.15, 0.2) is 88.8 Å².